The van der Waals surface area contributed by atoms with Gasteiger partial charge in [0.05, 0.1) is 18.3 Å². The summed E-state index contributed by atoms with van der Waals surface area (Å²) in [5.74, 6) is -0.180. The quantitative estimate of drug-likeness (QED) is 0.313. The molecule has 2 bridgehead atoms. The van der Waals surface area contributed by atoms with Gasteiger partial charge >= 0.3 is 5.97 Å². The summed E-state index contributed by atoms with van der Waals surface area (Å²) >= 11 is 0. The van der Waals surface area contributed by atoms with E-state index in [-0.39, 0.29) is 60.8 Å². The third-order valence-corrected chi connectivity index (χ3v) is 7.49. The number of rotatable bonds is 6. The number of benzene rings is 1. The molecule has 5 aliphatic rings. The molecule has 4 aliphatic carbocycles. The molecular weight excluding hydrogens is 382 g/mol. The third-order valence-electron chi connectivity index (χ3n) is 7.49. The van der Waals surface area contributed by atoms with Crippen molar-refractivity contribution in [3.05, 3.63) is 47.0 Å². The van der Waals surface area contributed by atoms with Crippen LogP contribution in [0.2, 0.25) is 0 Å². The van der Waals surface area contributed by atoms with Crippen molar-refractivity contribution in [1.82, 2.24) is 4.90 Å². The maximum absolute atomic E-state index is 12.9. The fourth-order valence-corrected chi connectivity index (χ4v) is 5.66. The van der Waals surface area contributed by atoms with Crippen LogP contribution in [-0.4, -0.2) is 41.6 Å². The standard InChI is InChI=1S/C24H25NO5/c1-12-3-4-14(9-13(12)2)19(26)11-30-20(27)7-8-25-23(28)21-15-5-6-16(18-10-17(15)18)22(21)24(25)29/h3-6,9,15-18,21-22H,7-8,10-11H2,1-2H3/t15-,16-,17-,18-,21+,22+/m0/s1. The van der Waals surface area contributed by atoms with Gasteiger partial charge in [0.25, 0.3) is 0 Å². The first-order valence-electron chi connectivity index (χ1n) is 10.7. The van der Waals surface area contributed by atoms with Crippen molar-refractivity contribution < 1.29 is 23.9 Å². The first-order chi connectivity index (χ1) is 14.4. The zero-order valence-electron chi connectivity index (χ0n) is 17.2. The molecule has 1 aromatic carbocycles. The molecule has 1 saturated heterocycles. The molecule has 0 radical (unpaired) electrons. The molecule has 1 heterocycles. The van der Waals surface area contributed by atoms with Gasteiger partial charge in [0.15, 0.2) is 12.4 Å². The Balaban J connectivity index is 1.15. The molecule has 0 spiro atoms. The number of esters is 1. The van der Waals surface area contributed by atoms with E-state index < -0.39 is 5.97 Å². The fraction of sp³-hybridized carbons (Fsp3) is 0.500. The highest BCUT2D eigenvalue weighted by Crippen LogP contribution is 2.65. The van der Waals surface area contributed by atoms with Gasteiger partial charge < -0.3 is 4.74 Å². The van der Waals surface area contributed by atoms with E-state index in [0.29, 0.717) is 17.4 Å². The first kappa shape index (κ1) is 19.2. The second-order valence-electron chi connectivity index (χ2n) is 9.12. The van der Waals surface area contributed by atoms with Gasteiger partial charge in [-0.1, -0.05) is 24.3 Å². The van der Waals surface area contributed by atoms with Crippen LogP contribution in [0, 0.1) is 49.4 Å². The highest BCUT2D eigenvalue weighted by atomic mass is 16.5. The van der Waals surface area contributed by atoms with Crippen molar-refractivity contribution in [2.45, 2.75) is 26.7 Å². The Morgan fingerprint density at radius 2 is 1.63 bits per heavy atom. The summed E-state index contributed by atoms with van der Waals surface area (Å²) in [6.07, 6.45) is 5.28. The maximum atomic E-state index is 12.9. The largest absolute Gasteiger partial charge is 0.457 e. The van der Waals surface area contributed by atoms with E-state index in [4.69, 9.17) is 4.74 Å². The lowest BCUT2D eigenvalue weighted by molar-refractivity contribution is -0.145. The summed E-state index contributed by atoms with van der Waals surface area (Å²) in [4.78, 5) is 51.4. The Morgan fingerprint density at radius 3 is 2.23 bits per heavy atom. The molecular formula is C24H25NO5. The summed E-state index contributed by atoms with van der Waals surface area (Å²) < 4.78 is 5.11. The molecule has 0 unspecified atom stereocenters. The van der Waals surface area contributed by atoms with Crippen molar-refractivity contribution in [1.29, 1.82) is 0 Å². The second-order valence-corrected chi connectivity index (χ2v) is 9.12. The molecule has 2 saturated carbocycles. The Hall–Kier alpha value is -2.76. The lowest BCUT2D eigenvalue weighted by atomic mass is 9.63. The van der Waals surface area contributed by atoms with Gasteiger partial charge in [0.1, 0.15) is 0 Å². The predicted octanol–water partition coefficient (Wildman–Crippen LogP) is 2.47. The lowest BCUT2D eigenvalue weighted by Gasteiger charge is -2.37. The van der Waals surface area contributed by atoms with Crippen LogP contribution in [-0.2, 0) is 19.1 Å². The highest BCUT2D eigenvalue weighted by molar-refractivity contribution is 6.06. The molecule has 3 fully saturated rings. The van der Waals surface area contributed by atoms with Crippen molar-refractivity contribution in [3.63, 3.8) is 0 Å². The van der Waals surface area contributed by atoms with Gasteiger partial charge in [-0.2, -0.15) is 0 Å². The summed E-state index contributed by atoms with van der Waals surface area (Å²) in [5.41, 5.74) is 2.59. The molecule has 0 aromatic heterocycles. The molecule has 6 rings (SSSR count). The summed E-state index contributed by atoms with van der Waals surface area (Å²) in [5, 5.41) is 0. The topological polar surface area (TPSA) is 80.8 Å². The van der Waals surface area contributed by atoms with Crippen LogP contribution in [0.15, 0.2) is 30.4 Å². The number of nitrogens with zero attached hydrogens (tertiary/aromatic N) is 1. The Kier molecular flexibility index (Phi) is 4.42. The van der Waals surface area contributed by atoms with Crippen LogP contribution in [0.5, 0.6) is 0 Å². The van der Waals surface area contributed by atoms with Gasteiger partial charge in [-0.3, -0.25) is 24.1 Å². The minimum absolute atomic E-state index is 0.0239. The van der Waals surface area contributed by atoms with Gasteiger partial charge in [0.2, 0.25) is 11.8 Å². The van der Waals surface area contributed by atoms with Crippen LogP contribution in [0.25, 0.3) is 0 Å². The van der Waals surface area contributed by atoms with Crippen LogP contribution in [0.1, 0.15) is 34.3 Å². The second kappa shape index (κ2) is 6.89. The number of carbonyl (C=O) groups is 4. The van der Waals surface area contributed by atoms with Crippen molar-refractivity contribution in [2.75, 3.05) is 13.2 Å². The normalized spacial score (nSPS) is 32.8. The van der Waals surface area contributed by atoms with Crippen LogP contribution in [0.3, 0.4) is 0 Å². The number of allylic oxidation sites excluding steroid dienone is 2. The number of likely N-dealkylation sites (tertiary alicyclic amines) is 1. The fourth-order valence-electron chi connectivity index (χ4n) is 5.66. The van der Waals surface area contributed by atoms with Crippen molar-refractivity contribution in [2.24, 2.45) is 35.5 Å². The van der Waals surface area contributed by atoms with Crippen LogP contribution in [0.4, 0.5) is 0 Å². The van der Waals surface area contributed by atoms with Gasteiger partial charge in [-0.05, 0) is 61.1 Å². The Morgan fingerprint density at radius 1 is 1.00 bits per heavy atom. The summed E-state index contributed by atoms with van der Waals surface area (Å²) in [6, 6.07) is 5.36. The molecule has 6 nitrogen and oxygen atoms in total. The van der Waals surface area contributed by atoms with E-state index in [0.717, 1.165) is 17.5 Å². The number of ketones is 1. The maximum Gasteiger partial charge on any atom is 0.308 e. The number of amides is 2. The lowest BCUT2D eigenvalue weighted by Crippen LogP contribution is -2.40. The number of hydrogen-bond acceptors (Lipinski definition) is 5. The van der Waals surface area contributed by atoms with Gasteiger partial charge in [-0.25, -0.2) is 0 Å². The number of Topliss-reactive ketones (excluding diaryl/α,β-unsaturated/α-hetero) is 1. The van der Waals surface area contributed by atoms with Crippen molar-refractivity contribution in [3.8, 4) is 0 Å². The van der Waals surface area contributed by atoms with E-state index in [9.17, 15) is 19.2 Å². The summed E-state index contributed by atoms with van der Waals surface area (Å²) in [7, 11) is 0. The number of hydrogen-bond donors (Lipinski definition) is 0. The molecule has 0 N–H and O–H groups in total. The first-order valence-corrected chi connectivity index (χ1v) is 10.7. The molecule has 1 aliphatic heterocycles. The number of ether oxygens (including phenoxy) is 1. The summed E-state index contributed by atoms with van der Waals surface area (Å²) in [6.45, 7) is 3.57. The van der Waals surface area contributed by atoms with E-state index in [1.807, 2.05) is 19.9 Å². The van der Waals surface area contributed by atoms with E-state index in [1.54, 1.807) is 12.1 Å². The van der Waals surface area contributed by atoms with Gasteiger partial charge in [0, 0.05) is 12.1 Å². The monoisotopic (exact) mass is 407 g/mol. The molecule has 30 heavy (non-hydrogen) atoms. The van der Waals surface area contributed by atoms with Gasteiger partial charge in [-0.15, -0.1) is 0 Å². The predicted molar refractivity (Wildman–Crippen MR) is 107 cm³/mol. The zero-order valence-corrected chi connectivity index (χ0v) is 17.2. The van der Waals surface area contributed by atoms with Crippen molar-refractivity contribution >= 4 is 23.6 Å². The molecule has 1 aromatic rings. The van der Waals surface area contributed by atoms with Crippen LogP contribution < -0.4 is 0 Å². The third kappa shape index (κ3) is 2.92. The minimum Gasteiger partial charge on any atom is -0.457 e. The average Bonchev–Trinajstić information content (AvgIpc) is 3.51. The molecule has 2 amide bonds. The average molecular weight is 407 g/mol. The number of carbonyl (C=O) groups excluding carboxylic acids is 4. The number of aryl methyl sites for hydroxylation is 2. The highest BCUT2D eigenvalue weighted by Gasteiger charge is 2.66. The smallest absolute Gasteiger partial charge is 0.308 e. The molecule has 156 valence electrons. The van der Waals surface area contributed by atoms with E-state index in [2.05, 4.69) is 12.2 Å². The van der Waals surface area contributed by atoms with Crippen LogP contribution >= 0.6 is 0 Å². The minimum atomic E-state index is -0.577. The zero-order chi connectivity index (χ0) is 21.2. The number of imide groups is 1. The Bertz CT molecular complexity index is 959. The Labute approximate surface area is 175 Å². The van der Waals surface area contributed by atoms with E-state index >= 15 is 0 Å². The van der Waals surface area contributed by atoms with E-state index in [1.165, 1.54) is 4.90 Å². The molecule has 6 atom stereocenters. The SMILES string of the molecule is Cc1ccc(C(=O)COC(=O)CCN2C(=O)[C@@H]3[C@H]4C=C[C@@H]([C@@H]5C[C@@H]45)[C@H]3C2=O)cc1C. The molecule has 6 heteroatoms.